The van der Waals surface area contributed by atoms with Gasteiger partial charge in [-0.1, -0.05) is 43.0 Å². The number of phenolic OH excluding ortho intramolecular Hbond substituents is 2. The summed E-state index contributed by atoms with van der Waals surface area (Å²) in [4.78, 5) is 1.52. The van der Waals surface area contributed by atoms with E-state index >= 15 is 0 Å². The van der Waals surface area contributed by atoms with Gasteiger partial charge in [-0.2, -0.15) is 0 Å². The summed E-state index contributed by atoms with van der Waals surface area (Å²) in [5.74, 6) is -0.335. The lowest BCUT2D eigenvalue weighted by atomic mass is 10.1. The Balaban J connectivity index is 2.18. The Morgan fingerprint density at radius 2 is 1.77 bits per heavy atom. The van der Waals surface area contributed by atoms with E-state index in [1.54, 1.807) is 0 Å². The molecule has 0 aliphatic rings. The summed E-state index contributed by atoms with van der Waals surface area (Å²) in [7, 11) is 1.40. The number of phenols is 2. The van der Waals surface area contributed by atoms with E-state index in [2.05, 4.69) is 19.2 Å². The van der Waals surface area contributed by atoms with Crippen LogP contribution in [0.1, 0.15) is 5.56 Å². The quantitative estimate of drug-likeness (QED) is 0.312. The highest BCUT2D eigenvalue weighted by Crippen LogP contribution is 2.36. The number of anilines is 1. The molecule has 0 aliphatic heterocycles. The van der Waals surface area contributed by atoms with E-state index in [0.29, 0.717) is 10.7 Å². The predicted molar refractivity (Wildman–Crippen MR) is 108 cm³/mol. The highest BCUT2D eigenvalue weighted by atomic mass is 32.1. The molecular formula is C20H18N2O3S. The van der Waals surface area contributed by atoms with Crippen LogP contribution in [0.15, 0.2) is 66.2 Å². The second kappa shape index (κ2) is 7.01. The van der Waals surface area contributed by atoms with Crippen molar-refractivity contribution in [3.05, 3.63) is 71.8 Å². The number of nitrogens with zero attached hydrogens (tertiary/aromatic N) is 1. The summed E-state index contributed by atoms with van der Waals surface area (Å²) in [5, 5.41) is 30.9. The highest BCUT2D eigenvalue weighted by Gasteiger charge is 2.22. The first-order valence-electron chi connectivity index (χ1n) is 7.78. The van der Waals surface area contributed by atoms with E-state index in [0.717, 1.165) is 16.8 Å². The van der Waals surface area contributed by atoms with Gasteiger partial charge in [0.1, 0.15) is 11.6 Å². The first-order chi connectivity index (χ1) is 12.4. The fraction of sp³-hybridized carbons (Fsp3) is 0.0500. The zero-order chi connectivity index (χ0) is 18.8. The molecule has 0 aliphatic carbocycles. The lowest BCUT2D eigenvalue weighted by Crippen LogP contribution is -2.28. The molecule has 3 aromatic rings. The molecule has 26 heavy (non-hydrogen) atoms. The first kappa shape index (κ1) is 17.7. The van der Waals surface area contributed by atoms with Crippen molar-refractivity contribution in [1.82, 2.24) is 0 Å². The molecule has 0 amide bonds. The van der Waals surface area contributed by atoms with Gasteiger partial charge in [-0.15, -0.1) is 12.6 Å². The summed E-state index contributed by atoms with van der Waals surface area (Å²) < 4.78 is 5.09. The molecule has 3 rings (SSSR count). The van der Waals surface area contributed by atoms with Crippen LogP contribution in [0.3, 0.4) is 0 Å². The average Bonchev–Trinajstić information content (AvgIpc) is 2.62. The molecule has 6 heteroatoms. The lowest BCUT2D eigenvalue weighted by Gasteiger charge is -2.26. The molecule has 0 bridgehead atoms. The van der Waals surface area contributed by atoms with Gasteiger partial charge in [0.05, 0.1) is 23.4 Å². The van der Waals surface area contributed by atoms with Crippen LogP contribution in [-0.2, 0) is 0 Å². The summed E-state index contributed by atoms with van der Waals surface area (Å²) in [6, 6.07) is 16.0. The number of methoxy groups -OCH3 is 1. The monoisotopic (exact) mass is 366 g/mol. The molecule has 0 aromatic heterocycles. The van der Waals surface area contributed by atoms with Gasteiger partial charge in [-0.05, 0) is 17.5 Å². The third-order valence-corrected chi connectivity index (χ3v) is 4.24. The van der Waals surface area contributed by atoms with Crippen molar-refractivity contribution in [3.8, 4) is 17.2 Å². The molecule has 5 nitrogen and oxygen atoms in total. The summed E-state index contributed by atoms with van der Waals surface area (Å²) in [5.41, 5.74) is 0.891. The van der Waals surface area contributed by atoms with Crippen LogP contribution in [0.25, 0.3) is 10.8 Å². The first-order valence-corrected chi connectivity index (χ1v) is 8.23. The maximum atomic E-state index is 10.2. The Labute approximate surface area is 156 Å². The van der Waals surface area contributed by atoms with Crippen molar-refractivity contribution in [3.63, 3.8) is 0 Å². The number of aromatic hydroxyl groups is 2. The number of rotatable bonds is 4. The molecule has 0 saturated carbocycles. The third-order valence-electron chi connectivity index (χ3n) is 4.04. The number of fused-ring (bicyclic) bond motifs is 1. The topological polar surface area (TPSA) is 76.8 Å². The zero-order valence-corrected chi connectivity index (χ0v) is 15.0. The number of thiol groups is 1. The normalized spacial score (nSPS) is 10.5. The zero-order valence-electron chi connectivity index (χ0n) is 14.1. The minimum absolute atomic E-state index is 0.0443. The van der Waals surface area contributed by atoms with Gasteiger partial charge in [0, 0.05) is 11.5 Å². The molecule has 132 valence electrons. The third kappa shape index (κ3) is 3.07. The van der Waals surface area contributed by atoms with Crippen molar-refractivity contribution in [2.45, 2.75) is 0 Å². The van der Waals surface area contributed by atoms with Crippen LogP contribution in [0, 0.1) is 5.41 Å². The molecule has 0 atom stereocenters. The van der Waals surface area contributed by atoms with Gasteiger partial charge < -0.3 is 14.9 Å². The van der Waals surface area contributed by atoms with E-state index in [4.69, 9.17) is 10.1 Å². The molecule has 3 N–H and O–H groups in total. The summed E-state index contributed by atoms with van der Waals surface area (Å²) in [6.45, 7) is 3.86. The van der Waals surface area contributed by atoms with Crippen molar-refractivity contribution >= 4 is 34.9 Å². The van der Waals surface area contributed by atoms with E-state index < -0.39 is 0 Å². The van der Waals surface area contributed by atoms with Crippen molar-refractivity contribution < 1.29 is 14.9 Å². The molecule has 0 fully saturated rings. The minimum atomic E-state index is -0.242. The number of hydrogen-bond donors (Lipinski definition) is 4. The SMILES string of the molecule is C=C(S)N(C(=N)c1cc(OC)c(O)cc1O)c1cccc2ccccc12. The number of ether oxygens (including phenoxy) is 1. The van der Waals surface area contributed by atoms with Gasteiger partial charge in [0.25, 0.3) is 0 Å². The molecule has 0 unspecified atom stereocenters. The second-order valence-corrected chi connectivity index (χ2v) is 6.16. The Morgan fingerprint density at radius 1 is 1.08 bits per heavy atom. The molecule has 0 spiro atoms. The second-order valence-electron chi connectivity index (χ2n) is 5.64. The van der Waals surface area contributed by atoms with Crippen molar-refractivity contribution in [2.24, 2.45) is 0 Å². The smallest absolute Gasteiger partial charge is 0.161 e. The molecule has 3 aromatic carbocycles. The van der Waals surface area contributed by atoms with Gasteiger partial charge in [0.2, 0.25) is 0 Å². The van der Waals surface area contributed by atoms with Crippen LogP contribution in [-0.4, -0.2) is 23.2 Å². The number of amidine groups is 1. The largest absolute Gasteiger partial charge is 0.507 e. The molecule has 0 radical (unpaired) electrons. The molecule has 0 heterocycles. The van der Waals surface area contributed by atoms with Gasteiger partial charge in [0.15, 0.2) is 11.5 Å². The van der Waals surface area contributed by atoms with Crippen LogP contribution in [0.4, 0.5) is 5.69 Å². The van der Waals surface area contributed by atoms with E-state index in [1.807, 2.05) is 42.5 Å². The van der Waals surface area contributed by atoms with Gasteiger partial charge in [-0.25, -0.2) is 0 Å². The predicted octanol–water partition coefficient (Wildman–Crippen LogP) is 4.49. The Bertz CT molecular complexity index is 1010. The van der Waals surface area contributed by atoms with Crippen LogP contribution in [0.2, 0.25) is 0 Å². The van der Waals surface area contributed by atoms with Gasteiger partial charge in [-0.3, -0.25) is 10.3 Å². The van der Waals surface area contributed by atoms with Crippen LogP contribution < -0.4 is 9.64 Å². The van der Waals surface area contributed by atoms with Gasteiger partial charge >= 0.3 is 0 Å². The highest BCUT2D eigenvalue weighted by molar-refractivity contribution is 7.84. The number of hydrogen-bond acceptors (Lipinski definition) is 5. The van der Waals surface area contributed by atoms with Crippen molar-refractivity contribution in [2.75, 3.05) is 12.0 Å². The molecule has 0 saturated heterocycles. The maximum absolute atomic E-state index is 10.2. The summed E-state index contributed by atoms with van der Waals surface area (Å²) in [6.07, 6.45) is 0. The van der Waals surface area contributed by atoms with Crippen molar-refractivity contribution in [1.29, 1.82) is 5.41 Å². The average molecular weight is 366 g/mol. The Morgan fingerprint density at radius 3 is 2.46 bits per heavy atom. The Kier molecular flexibility index (Phi) is 4.77. The summed E-state index contributed by atoms with van der Waals surface area (Å²) >= 11 is 4.35. The Hall–Kier alpha value is -3.12. The standard InChI is InChI=1S/C20H18N2O3S/c1-12(26)22(16-9-5-7-13-6-3-4-8-14(13)16)20(21)15-10-19(25-2)18(24)11-17(15)23/h3-11,21,23-24,26H,1H2,2H3. The number of benzene rings is 3. The lowest BCUT2D eigenvalue weighted by molar-refractivity contribution is 0.369. The van der Waals surface area contributed by atoms with Crippen LogP contribution in [0.5, 0.6) is 17.2 Å². The van der Waals surface area contributed by atoms with Crippen LogP contribution >= 0.6 is 12.6 Å². The van der Waals surface area contributed by atoms with E-state index in [1.165, 1.54) is 18.1 Å². The van der Waals surface area contributed by atoms with E-state index in [9.17, 15) is 10.2 Å². The fourth-order valence-electron chi connectivity index (χ4n) is 2.82. The molecular weight excluding hydrogens is 348 g/mol. The maximum Gasteiger partial charge on any atom is 0.161 e. The fourth-order valence-corrected chi connectivity index (χ4v) is 3.03. The minimum Gasteiger partial charge on any atom is -0.507 e. The van der Waals surface area contributed by atoms with E-state index in [-0.39, 0.29) is 28.6 Å². The number of nitrogens with one attached hydrogen (secondary N) is 1.